The van der Waals surface area contributed by atoms with Gasteiger partial charge in [-0.25, -0.2) is 4.79 Å². The lowest BCUT2D eigenvalue weighted by atomic mass is 10.1. The van der Waals surface area contributed by atoms with Crippen LogP contribution in [0.5, 0.6) is 0 Å². The number of ether oxygens (including phenoxy) is 1. The van der Waals surface area contributed by atoms with Gasteiger partial charge in [0.05, 0.1) is 0 Å². The summed E-state index contributed by atoms with van der Waals surface area (Å²) >= 11 is 12.0. The number of piperidine rings is 1. The van der Waals surface area contributed by atoms with Crippen LogP contribution in [0.1, 0.15) is 33.6 Å². The van der Waals surface area contributed by atoms with Gasteiger partial charge in [0.15, 0.2) is 0 Å². The van der Waals surface area contributed by atoms with Gasteiger partial charge in [0.2, 0.25) is 0 Å². The van der Waals surface area contributed by atoms with Crippen molar-refractivity contribution in [3.8, 4) is 0 Å². The highest BCUT2D eigenvalue weighted by Crippen LogP contribution is 2.25. The molecule has 1 fully saturated rings. The van der Waals surface area contributed by atoms with Gasteiger partial charge >= 0.3 is 6.09 Å². The first-order chi connectivity index (χ1) is 10.2. The fraction of sp³-hybridized carbons (Fsp3) is 0.562. The van der Waals surface area contributed by atoms with E-state index in [2.05, 4.69) is 5.32 Å². The lowest BCUT2D eigenvalue weighted by Crippen LogP contribution is -2.46. The standard InChI is InChI=1S/C16H22Cl2N2O2/c1-16(2,3)22-15(21)20-6-4-5-13(10-20)19-14-8-11(17)7-12(18)9-14/h7-9,13,19H,4-6,10H2,1-3H3. The molecule has 1 atom stereocenters. The van der Waals surface area contributed by atoms with Gasteiger partial charge in [0, 0.05) is 34.9 Å². The second-order valence-electron chi connectivity index (χ2n) is 6.57. The number of hydrogen-bond acceptors (Lipinski definition) is 3. The van der Waals surface area contributed by atoms with Crippen molar-refractivity contribution in [1.29, 1.82) is 0 Å². The summed E-state index contributed by atoms with van der Waals surface area (Å²) in [5.41, 5.74) is 0.395. The maximum atomic E-state index is 12.2. The third kappa shape index (κ3) is 5.25. The smallest absolute Gasteiger partial charge is 0.410 e. The van der Waals surface area contributed by atoms with Crippen LogP contribution in [0.3, 0.4) is 0 Å². The molecule has 1 aromatic carbocycles. The van der Waals surface area contributed by atoms with Crippen molar-refractivity contribution in [3.05, 3.63) is 28.2 Å². The quantitative estimate of drug-likeness (QED) is 0.837. The van der Waals surface area contributed by atoms with Crippen LogP contribution in [-0.2, 0) is 4.74 Å². The summed E-state index contributed by atoms with van der Waals surface area (Å²) in [4.78, 5) is 13.9. The third-order valence-corrected chi connectivity index (χ3v) is 3.74. The van der Waals surface area contributed by atoms with E-state index < -0.39 is 5.60 Å². The maximum absolute atomic E-state index is 12.2. The molecule has 4 nitrogen and oxygen atoms in total. The minimum absolute atomic E-state index is 0.163. The van der Waals surface area contributed by atoms with Gasteiger partial charge < -0.3 is 15.0 Å². The van der Waals surface area contributed by atoms with Crippen molar-refractivity contribution >= 4 is 35.0 Å². The number of halogens is 2. The minimum Gasteiger partial charge on any atom is -0.444 e. The van der Waals surface area contributed by atoms with Crippen LogP contribution in [0.4, 0.5) is 10.5 Å². The van der Waals surface area contributed by atoms with Crippen LogP contribution in [0, 0.1) is 0 Å². The molecule has 1 aliphatic rings. The lowest BCUT2D eigenvalue weighted by molar-refractivity contribution is 0.0206. The predicted molar refractivity (Wildman–Crippen MR) is 90.9 cm³/mol. The number of anilines is 1. The van der Waals surface area contributed by atoms with Crippen molar-refractivity contribution in [1.82, 2.24) is 4.90 Å². The molecule has 0 spiro atoms. The molecule has 0 saturated carbocycles. The van der Waals surface area contributed by atoms with Gasteiger partial charge in [-0.1, -0.05) is 23.2 Å². The number of hydrogen-bond donors (Lipinski definition) is 1. The Balaban J connectivity index is 1.97. The monoisotopic (exact) mass is 344 g/mol. The highest BCUT2D eigenvalue weighted by Gasteiger charge is 2.27. The van der Waals surface area contributed by atoms with Gasteiger partial charge in [-0.15, -0.1) is 0 Å². The summed E-state index contributed by atoms with van der Waals surface area (Å²) in [6, 6.07) is 5.53. The Labute approximate surface area is 141 Å². The average Bonchev–Trinajstić information content (AvgIpc) is 2.35. The highest BCUT2D eigenvalue weighted by molar-refractivity contribution is 6.35. The molecule has 122 valence electrons. The van der Waals surface area contributed by atoms with E-state index in [1.807, 2.05) is 32.9 Å². The van der Waals surface area contributed by atoms with E-state index in [0.29, 0.717) is 16.6 Å². The minimum atomic E-state index is -0.474. The number of nitrogens with one attached hydrogen (secondary N) is 1. The zero-order valence-corrected chi connectivity index (χ0v) is 14.7. The molecular weight excluding hydrogens is 323 g/mol. The Hall–Kier alpha value is -1.13. The summed E-state index contributed by atoms with van der Waals surface area (Å²) in [6.07, 6.45) is 1.66. The summed E-state index contributed by atoms with van der Waals surface area (Å²) in [7, 11) is 0. The van der Waals surface area contributed by atoms with Crippen LogP contribution in [0.15, 0.2) is 18.2 Å². The van der Waals surface area contributed by atoms with Crippen LogP contribution in [0.2, 0.25) is 10.0 Å². The zero-order chi connectivity index (χ0) is 16.3. The molecule has 2 rings (SSSR count). The molecule has 1 heterocycles. The maximum Gasteiger partial charge on any atom is 0.410 e. The van der Waals surface area contributed by atoms with E-state index in [1.165, 1.54) is 0 Å². The highest BCUT2D eigenvalue weighted by atomic mass is 35.5. The van der Waals surface area contributed by atoms with Crippen molar-refractivity contribution in [2.75, 3.05) is 18.4 Å². The molecule has 1 aliphatic heterocycles. The van der Waals surface area contributed by atoms with Crippen LogP contribution in [0.25, 0.3) is 0 Å². The predicted octanol–water partition coefficient (Wildman–Crippen LogP) is 4.80. The van der Waals surface area contributed by atoms with E-state index >= 15 is 0 Å². The summed E-state index contributed by atoms with van der Waals surface area (Å²) in [5, 5.41) is 4.58. The molecule has 22 heavy (non-hydrogen) atoms. The second-order valence-corrected chi connectivity index (χ2v) is 7.44. The van der Waals surface area contributed by atoms with Crippen molar-refractivity contribution in [3.63, 3.8) is 0 Å². The summed E-state index contributed by atoms with van der Waals surface area (Å²) < 4.78 is 5.43. The number of carbonyl (C=O) groups is 1. The van der Waals surface area contributed by atoms with Crippen LogP contribution < -0.4 is 5.32 Å². The van der Waals surface area contributed by atoms with E-state index in [1.54, 1.807) is 11.0 Å². The molecule has 0 aliphatic carbocycles. The Morgan fingerprint density at radius 2 is 1.91 bits per heavy atom. The Morgan fingerprint density at radius 1 is 1.27 bits per heavy atom. The first kappa shape index (κ1) is 17.2. The average molecular weight is 345 g/mol. The van der Waals surface area contributed by atoms with Crippen LogP contribution in [-0.4, -0.2) is 35.7 Å². The number of benzene rings is 1. The zero-order valence-electron chi connectivity index (χ0n) is 13.2. The summed E-state index contributed by atoms with van der Waals surface area (Å²) in [5.74, 6) is 0. The molecule has 6 heteroatoms. The molecule has 0 aromatic heterocycles. The number of likely N-dealkylation sites (tertiary alicyclic amines) is 1. The number of amides is 1. The Kier molecular flexibility index (Phi) is 5.45. The SMILES string of the molecule is CC(C)(C)OC(=O)N1CCCC(Nc2cc(Cl)cc(Cl)c2)C1. The summed E-state index contributed by atoms with van der Waals surface area (Å²) in [6.45, 7) is 6.96. The Bertz CT molecular complexity index is 523. The first-order valence-electron chi connectivity index (χ1n) is 7.43. The van der Waals surface area contributed by atoms with E-state index in [-0.39, 0.29) is 12.1 Å². The molecule has 1 unspecified atom stereocenters. The van der Waals surface area contributed by atoms with E-state index in [9.17, 15) is 4.79 Å². The van der Waals surface area contributed by atoms with Gasteiger partial charge in [0.25, 0.3) is 0 Å². The van der Waals surface area contributed by atoms with Crippen molar-refractivity contribution < 1.29 is 9.53 Å². The van der Waals surface area contributed by atoms with E-state index in [0.717, 1.165) is 25.1 Å². The molecular formula is C16H22Cl2N2O2. The largest absolute Gasteiger partial charge is 0.444 e. The number of carbonyl (C=O) groups excluding carboxylic acids is 1. The third-order valence-electron chi connectivity index (χ3n) is 3.31. The normalized spacial score (nSPS) is 19.0. The topological polar surface area (TPSA) is 41.6 Å². The van der Waals surface area contributed by atoms with Crippen molar-refractivity contribution in [2.45, 2.75) is 45.3 Å². The van der Waals surface area contributed by atoms with Gasteiger partial charge in [0.1, 0.15) is 5.60 Å². The Morgan fingerprint density at radius 3 is 2.50 bits per heavy atom. The van der Waals surface area contributed by atoms with Gasteiger partial charge in [-0.3, -0.25) is 0 Å². The molecule has 1 amide bonds. The molecule has 1 aromatic rings. The number of rotatable bonds is 2. The first-order valence-corrected chi connectivity index (χ1v) is 8.19. The van der Waals surface area contributed by atoms with Gasteiger partial charge in [-0.2, -0.15) is 0 Å². The number of nitrogens with zero attached hydrogens (tertiary/aromatic N) is 1. The fourth-order valence-electron chi connectivity index (χ4n) is 2.46. The molecule has 1 N–H and O–H groups in total. The van der Waals surface area contributed by atoms with Crippen LogP contribution >= 0.6 is 23.2 Å². The molecule has 1 saturated heterocycles. The molecule has 0 bridgehead atoms. The lowest BCUT2D eigenvalue weighted by Gasteiger charge is -2.34. The molecule has 0 radical (unpaired) electrons. The van der Waals surface area contributed by atoms with Gasteiger partial charge in [-0.05, 0) is 51.8 Å². The second kappa shape index (κ2) is 6.97. The van der Waals surface area contributed by atoms with Crippen molar-refractivity contribution in [2.24, 2.45) is 0 Å². The van der Waals surface area contributed by atoms with E-state index in [4.69, 9.17) is 27.9 Å². The fourth-order valence-corrected chi connectivity index (χ4v) is 2.99.